The average molecular weight is 278 g/mol. The van der Waals surface area contributed by atoms with Crippen molar-refractivity contribution in [2.24, 2.45) is 5.92 Å². The van der Waals surface area contributed by atoms with Gasteiger partial charge in [-0.2, -0.15) is 0 Å². The van der Waals surface area contributed by atoms with E-state index in [1.54, 1.807) is 12.1 Å². The largest absolute Gasteiger partial charge is 0.398 e. The molecule has 5 nitrogen and oxygen atoms in total. The van der Waals surface area contributed by atoms with Gasteiger partial charge in [0.15, 0.2) is 5.82 Å². The van der Waals surface area contributed by atoms with Crippen molar-refractivity contribution in [1.29, 1.82) is 0 Å². The fraction of sp³-hybridized carbons (Fsp3) is 0.462. The van der Waals surface area contributed by atoms with Crippen LogP contribution in [0.4, 0.5) is 5.69 Å². The number of halogens is 1. The third-order valence-corrected chi connectivity index (χ3v) is 3.77. The van der Waals surface area contributed by atoms with Crippen molar-refractivity contribution < 1.29 is 0 Å². The number of benzene rings is 1. The van der Waals surface area contributed by atoms with Gasteiger partial charge in [0.2, 0.25) is 0 Å². The maximum Gasteiger partial charge on any atom is 0.184 e. The highest BCUT2D eigenvalue weighted by molar-refractivity contribution is 6.31. The normalized spacial score (nSPS) is 16.5. The van der Waals surface area contributed by atoms with E-state index in [4.69, 9.17) is 17.3 Å². The molecule has 1 aliphatic carbocycles. The minimum Gasteiger partial charge on any atom is -0.398 e. The van der Waals surface area contributed by atoms with Crippen LogP contribution in [0.2, 0.25) is 5.02 Å². The van der Waals surface area contributed by atoms with Crippen LogP contribution < -0.4 is 5.73 Å². The van der Waals surface area contributed by atoms with Crippen LogP contribution in [0.25, 0.3) is 11.4 Å². The number of nitrogen functional groups attached to an aromatic ring is 1. The van der Waals surface area contributed by atoms with Crippen LogP contribution in [-0.2, 0) is 0 Å². The molecule has 6 heteroatoms. The van der Waals surface area contributed by atoms with Gasteiger partial charge in [-0.3, -0.25) is 0 Å². The summed E-state index contributed by atoms with van der Waals surface area (Å²) in [6.45, 7) is 2.14. The molecule has 1 saturated carbocycles. The average Bonchev–Trinajstić information content (AvgIpc) is 3.06. The number of hydrogen-bond acceptors (Lipinski definition) is 4. The fourth-order valence-electron chi connectivity index (χ4n) is 2.33. The molecule has 0 radical (unpaired) electrons. The molecular formula is C13H16ClN5. The summed E-state index contributed by atoms with van der Waals surface area (Å²) >= 11 is 6.03. The first-order valence-corrected chi connectivity index (χ1v) is 6.86. The van der Waals surface area contributed by atoms with Crippen molar-refractivity contribution >= 4 is 17.3 Å². The van der Waals surface area contributed by atoms with Crippen molar-refractivity contribution in [2.75, 3.05) is 5.73 Å². The van der Waals surface area contributed by atoms with Crippen molar-refractivity contribution in [3.8, 4) is 11.4 Å². The molecule has 1 atom stereocenters. The Bertz CT molecular complexity index is 590. The van der Waals surface area contributed by atoms with Gasteiger partial charge in [0.05, 0.1) is 6.04 Å². The van der Waals surface area contributed by atoms with Gasteiger partial charge in [-0.15, -0.1) is 5.10 Å². The molecule has 100 valence electrons. The molecule has 0 bridgehead atoms. The summed E-state index contributed by atoms with van der Waals surface area (Å²) in [5.41, 5.74) is 7.43. The molecule has 1 aromatic carbocycles. The van der Waals surface area contributed by atoms with E-state index in [9.17, 15) is 0 Å². The number of rotatable bonds is 4. The minimum atomic E-state index is 0.274. The molecule has 1 heterocycles. The summed E-state index contributed by atoms with van der Waals surface area (Å²) in [6.07, 6.45) is 3.75. The Hall–Kier alpha value is -1.62. The van der Waals surface area contributed by atoms with Gasteiger partial charge in [-0.05, 0) is 47.9 Å². The molecule has 0 aliphatic heterocycles. The second-order valence-electron chi connectivity index (χ2n) is 5.21. The fourth-order valence-corrected chi connectivity index (χ4v) is 2.50. The van der Waals surface area contributed by atoms with Crippen LogP contribution in [-0.4, -0.2) is 20.2 Å². The van der Waals surface area contributed by atoms with Gasteiger partial charge in [0.25, 0.3) is 0 Å². The Labute approximate surface area is 116 Å². The molecule has 1 aliphatic rings. The van der Waals surface area contributed by atoms with Crippen LogP contribution in [0, 0.1) is 5.92 Å². The van der Waals surface area contributed by atoms with Gasteiger partial charge in [0, 0.05) is 16.3 Å². The van der Waals surface area contributed by atoms with E-state index in [-0.39, 0.29) is 6.04 Å². The molecule has 3 rings (SSSR count). The third kappa shape index (κ3) is 2.56. The summed E-state index contributed by atoms with van der Waals surface area (Å²) in [4.78, 5) is 0. The number of aromatic nitrogens is 4. The van der Waals surface area contributed by atoms with Gasteiger partial charge in [0.1, 0.15) is 0 Å². The third-order valence-electron chi connectivity index (χ3n) is 3.54. The topological polar surface area (TPSA) is 69.6 Å². The molecule has 2 N–H and O–H groups in total. The first-order valence-electron chi connectivity index (χ1n) is 6.48. The molecule has 0 amide bonds. The first kappa shape index (κ1) is 12.4. The summed E-state index contributed by atoms with van der Waals surface area (Å²) < 4.78 is 1.85. The molecule has 19 heavy (non-hydrogen) atoms. The lowest BCUT2D eigenvalue weighted by molar-refractivity contribution is 0.430. The molecule has 1 aromatic heterocycles. The maximum absolute atomic E-state index is 6.03. The van der Waals surface area contributed by atoms with Crippen LogP contribution in [0.1, 0.15) is 32.2 Å². The summed E-state index contributed by atoms with van der Waals surface area (Å²) in [5.74, 6) is 1.51. The second-order valence-corrected chi connectivity index (χ2v) is 5.64. The van der Waals surface area contributed by atoms with Crippen LogP contribution in [0.3, 0.4) is 0 Å². The number of anilines is 1. The van der Waals surface area contributed by atoms with E-state index in [0.29, 0.717) is 16.5 Å². The Morgan fingerprint density at radius 3 is 3.00 bits per heavy atom. The number of hydrogen-bond donors (Lipinski definition) is 1. The predicted octanol–water partition coefficient (Wildman–Crippen LogP) is 2.94. The Kier molecular flexibility index (Phi) is 3.14. The summed E-state index contributed by atoms with van der Waals surface area (Å²) in [7, 11) is 0. The van der Waals surface area contributed by atoms with E-state index < -0.39 is 0 Å². The quantitative estimate of drug-likeness (QED) is 0.873. The minimum absolute atomic E-state index is 0.274. The second kappa shape index (κ2) is 4.81. The standard InChI is InChI=1S/C13H16ClN5/c1-8(6-9-2-3-9)19-13(16-17-18-19)11-7-10(14)4-5-12(11)15/h4-5,7-9H,2-3,6,15H2,1H3. The van der Waals surface area contributed by atoms with Crippen molar-refractivity contribution in [1.82, 2.24) is 20.2 Å². The highest BCUT2D eigenvalue weighted by atomic mass is 35.5. The van der Waals surface area contributed by atoms with E-state index in [1.807, 2.05) is 10.7 Å². The highest BCUT2D eigenvalue weighted by Crippen LogP contribution is 2.37. The highest BCUT2D eigenvalue weighted by Gasteiger charge is 2.26. The molecule has 1 unspecified atom stereocenters. The van der Waals surface area contributed by atoms with Gasteiger partial charge < -0.3 is 5.73 Å². The van der Waals surface area contributed by atoms with Crippen LogP contribution in [0.5, 0.6) is 0 Å². The van der Waals surface area contributed by atoms with Crippen LogP contribution >= 0.6 is 11.6 Å². The van der Waals surface area contributed by atoms with E-state index in [1.165, 1.54) is 12.8 Å². The number of tetrazole rings is 1. The van der Waals surface area contributed by atoms with Crippen molar-refractivity contribution in [2.45, 2.75) is 32.2 Å². The molecule has 0 saturated heterocycles. The molecular weight excluding hydrogens is 262 g/mol. The van der Waals surface area contributed by atoms with Crippen molar-refractivity contribution in [3.63, 3.8) is 0 Å². The first-order chi connectivity index (χ1) is 9.15. The molecule has 2 aromatic rings. The lowest BCUT2D eigenvalue weighted by Gasteiger charge is -2.13. The zero-order valence-electron chi connectivity index (χ0n) is 10.8. The van der Waals surface area contributed by atoms with E-state index >= 15 is 0 Å². The monoisotopic (exact) mass is 277 g/mol. The summed E-state index contributed by atoms with van der Waals surface area (Å²) in [6, 6.07) is 5.63. The van der Waals surface area contributed by atoms with Crippen LogP contribution in [0.15, 0.2) is 18.2 Å². The molecule has 0 spiro atoms. The Morgan fingerprint density at radius 1 is 1.47 bits per heavy atom. The SMILES string of the molecule is CC(CC1CC1)n1nnnc1-c1cc(Cl)ccc1N. The summed E-state index contributed by atoms with van der Waals surface area (Å²) in [5, 5.41) is 12.6. The Balaban J connectivity index is 1.96. The Morgan fingerprint density at radius 2 is 2.26 bits per heavy atom. The maximum atomic E-state index is 6.03. The van der Waals surface area contributed by atoms with Crippen molar-refractivity contribution in [3.05, 3.63) is 23.2 Å². The molecule has 1 fully saturated rings. The zero-order valence-corrected chi connectivity index (χ0v) is 11.5. The predicted molar refractivity (Wildman–Crippen MR) is 74.7 cm³/mol. The van der Waals surface area contributed by atoms with Gasteiger partial charge in [-0.1, -0.05) is 24.4 Å². The lowest BCUT2D eigenvalue weighted by atomic mass is 10.1. The zero-order chi connectivity index (χ0) is 13.4. The lowest BCUT2D eigenvalue weighted by Crippen LogP contribution is -2.10. The number of nitrogens with two attached hydrogens (primary N) is 1. The number of nitrogens with zero attached hydrogens (tertiary/aromatic N) is 4. The van der Waals surface area contributed by atoms with Gasteiger partial charge >= 0.3 is 0 Å². The smallest absolute Gasteiger partial charge is 0.184 e. The van der Waals surface area contributed by atoms with E-state index in [2.05, 4.69) is 22.4 Å². The van der Waals surface area contributed by atoms with Gasteiger partial charge in [-0.25, -0.2) is 4.68 Å². The van der Waals surface area contributed by atoms with E-state index in [0.717, 1.165) is 17.9 Å².